The third kappa shape index (κ3) is 2.61. The summed E-state index contributed by atoms with van der Waals surface area (Å²) in [5.74, 6) is 0.724. The maximum absolute atomic E-state index is 13.4. The van der Waals surface area contributed by atoms with Crippen LogP contribution in [0.2, 0.25) is 0 Å². The standard InChI is InChI=1S/C27H25FN4O/c1-2-27-13-5-14-31-15-12-20-19-6-3-4-7-21(19)32(23(20)24(27)31)22(16-27)26-29-25(30-33-26)17-8-10-18(28)11-9-17/h3-4,6-11,16,24H,2,5,12-15H2,1H3/t24?,27-/m0/s1. The number of para-hydroxylation sites is 1. The van der Waals surface area contributed by atoms with E-state index in [1.165, 1.54) is 40.7 Å². The lowest BCUT2D eigenvalue weighted by Gasteiger charge is -2.53. The number of hydrogen-bond donors (Lipinski definition) is 0. The molecule has 1 unspecified atom stereocenters. The van der Waals surface area contributed by atoms with Gasteiger partial charge in [-0.3, -0.25) is 4.90 Å². The van der Waals surface area contributed by atoms with Crippen LogP contribution in [0.25, 0.3) is 28.0 Å². The first kappa shape index (κ1) is 19.2. The van der Waals surface area contributed by atoms with E-state index in [4.69, 9.17) is 9.51 Å². The van der Waals surface area contributed by atoms with Gasteiger partial charge in [0.1, 0.15) is 11.5 Å². The summed E-state index contributed by atoms with van der Waals surface area (Å²) in [5.41, 5.74) is 5.85. The summed E-state index contributed by atoms with van der Waals surface area (Å²) in [7, 11) is 0. The second kappa shape index (κ2) is 6.87. The smallest absolute Gasteiger partial charge is 0.274 e. The summed E-state index contributed by atoms with van der Waals surface area (Å²) in [6, 6.07) is 15.3. The Bertz CT molecular complexity index is 1420. The summed E-state index contributed by atoms with van der Waals surface area (Å²) in [6.45, 7) is 4.58. The van der Waals surface area contributed by atoms with Crippen molar-refractivity contribution in [3.05, 3.63) is 77.6 Å². The van der Waals surface area contributed by atoms with E-state index in [9.17, 15) is 4.39 Å². The molecule has 33 heavy (non-hydrogen) atoms. The average Bonchev–Trinajstić information content (AvgIpc) is 3.47. The number of halogens is 1. The Labute approximate surface area is 191 Å². The molecule has 2 aromatic carbocycles. The maximum Gasteiger partial charge on any atom is 0.274 e. The Morgan fingerprint density at radius 1 is 1.12 bits per heavy atom. The highest BCUT2D eigenvalue weighted by molar-refractivity contribution is 5.91. The van der Waals surface area contributed by atoms with Crippen molar-refractivity contribution in [2.75, 3.05) is 13.1 Å². The van der Waals surface area contributed by atoms with Gasteiger partial charge >= 0.3 is 0 Å². The molecule has 2 atom stereocenters. The zero-order valence-corrected chi connectivity index (χ0v) is 18.6. The van der Waals surface area contributed by atoms with Crippen LogP contribution < -0.4 is 0 Å². The van der Waals surface area contributed by atoms with Gasteiger partial charge in [0.2, 0.25) is 5.82 Å². The minimum absolute atomic E-state index is 0.0532. The molecule has 0 N–H and O–H groups in total. The first-order valence-corrected chi connectivity index (χ1v) is 11.9. The first-order chi connectivity index (χ1) is 16.2. The van der Waals surface area contributed by atoms with Crippen LogP contribution in [0.4, 0.5) is 4.39 Å². The van der Waals surface area contributed by atoms with Gasteiger partial charge in [0.25, 0.3) is 5.89 Å². The van der Waals surface area contributed by atoms with E-state index in [1.54, 1.807) is 12.1 Å². The summed E-state index contributed by atoms with van der Waals surface area (Å²) in [6.07, 6.45) is 6.91. The van der Waals surface area contributed by atoms with Crippen LogP contribution in [0, 0.1) is 11.2 Å². The maximum atomic E-state index is 13.4. The fourth-order valence-electron chi connectivity index (χ4n) is 6.48. The molecule has 6 heteroatoms. The predicted octanol–water partition coefficient (Wildman–Crippen LogP) is 5.82. The van der Waals surface area contributed by atoms with Crippen molar-refractivity contribution in [3.63, 3.8) is 0 Å². The van der Waals surface area contributed by atoms with E-state index in [-0.39, 0.29) is 11.2 Å². The van der Waals surface area contributed by atoms with Gasteiger partial charge in [0.15, 0.2) is 0 Å². The van der Waals surface area contributed by atoms with Crippen LogP contribution in [0.3, 0.4) is 0 Å². The number of nitrogens with zero attached hydrogens (tertiary/aromatic N) is 4. The van der Waals surface area contributed by atoms with Crippen molar-refractivity contribution in [3.8, 4) is 11.4 Å². The zero-order chi connectivity index (χ0) is 22.2. The molecule has 0 amide bonds. The lowest BCUT2D eigenvalue weighted by Crippen LogP contribution is -2.50. The fourth-order valence-corrected chi connectivity index (χ4v) is 6.48. The quantitative estimate of drug-likeness (QED) is 0.403. The molecule has 7 rings (SSSR count). The Kier molecular flexibility index (Phi) is 4.01. The van der Waals surface area contributed by atoms with Gasteiger partial charge in [-0.25, -0.2) is 4.39 Å². The lowest BCUT2D eigenvalue weighted by molar-refractivity contribution is 0.0269. The lowest BCUT2D eigenvalue weighted by atomic mass is 9.66. The second-order valence-electron chi connectivity index (χ2n) is 9.55. The van der Waals surface area contributed by atoms with Crippen molar-refractivity contribution in [1.29, 1.82) is 0 Å². The van der Waals surface area contributed by atoms with Crippen molar-refractivity contribution < 1.29 is 8.91 Å². The van der Waals surface area contributed by atoms with Crippen molar-refractivity contribution >= 4 is 16.6 Å². The van der Waals surface area contributed by atoms with Gasteiger partial charge in [-0.1, -0.05) is 30.3 Å². The minimum Gasteiger partial charge on any atom is -0.332 e. The van der Waals surface area contributed by atoms with E-state index in [0.29, 0.717) is 17.8 Å². The van der Waals surface area contributed by atoms with E-state index < -0.39 is 0 Å². The van der Waals surface area contributed by atoms with Gasteiger partial charge in [0, 0.05) is 28.6 Å². The van der Waals surface area contributed by atoms with Crippen LogP contribution in [0.5, 0.6) is 0 Å². The highest BCUT2D eigenvalue weighted by atomic mass is 19.1. The highest BCUT2D eigenvalue weighted by Crippen LogP contribution is 2.57. The molecule has 0 bridgehead atoms. The summed E-state index contributed by atoms with van der Waals surface area (Å²) < 4.78 is 21.6. The van der Waals surface area contributed by atoms with E-state index >= 15 is 0 Å². The molecule has 0 saturated carbocycles. The van der Waals surface area contributed by atoms with E-state index in [1.807, 2.05) is 0 Å². The number of aromatic nitrogens is 3. The van der Waals surface area contributed by atoms with Gasteiger partial charge in [-0.15, -0.1) is 0 Å². The van der Waals surface area contributed by atoms with Gasteiger partial charge in [-0.05, 0) is 74.2 Å². The second-order valence-corrected chi connectivity index (χ2v) is 9.55. The highest BCUT2D eigenvalue weighted by Gasteiger charge is 2.50. The van der Waals surface area contributed by atoms with Crippen LogP contribution in [-0.4, -0.2) is 32.7 Å². The molecule has 3 aliphatic heterocycles. The summed E-state index contributed by atoms with van der Waals surface area (Å²) in [5, 5.41) is 5.59. The van der Waals surface area contributed by atoms with Crippen LogP contribution in [-0.2, 0) is 6.42 Å². The molecule has 1 fully saturated rings. The third-order valence-corrected chi connectivity index (χ3v) is 8.00. The Morgan fingerprint density at radius 2 is 1.97 bits per heavy atom. The number of hydrogen-bond acceptors (Lipinski definition) is 4. The SMILES string of the molecule is CC[C@@]12C=C(c3nc(-c4ccc(F)cc4)no3)n3c4c(c5ccccc53)CCN(CCC1)C42. The zero-order valence-electron chi connectivity index (χ0n) is 18.6. The molecule has 5 nitrogen and oxygen atoms in total. The molecule has 4 aromatic rings. The number of benzene rings is 2. The van der Waals surface area contributed by atoms with Gasteiger partial charge in [0.05, 0.1) is 11.6 Å². The molecule has 1 saturated heterocycles. The largest absolute Gasteiger partial charge is 0.332 e. The number of rotatable bonds is 3. The normalized spacial score (nSPS) is 24.1. The van der Waals surface area contributed by atoms with Crippen LogP contribution >= 0.6 is 0 Å². The topological polar surface area (TPSA) is 47.1 Å². The van der Waals surface area contributed by atoms with E-state index in [2.05, 4.69) is 51.9 Å². The molecular formula is C27H25FN4O. The molecule has 3 aliphatic rings. The van der Waals surface area contributed by atoms with Gasteiger partial charge < -0.3 is 9.09 Å². The molecule has 0 aliphatic carbocycles. The molecule has 5 heterocycles. The Balaban J connectivity index is 1.47. The minimum atomic E-state index is -0.277. The molecule has 166 valence electrons. The number of piperidine rings is 1. The van der Waals surface area contributed by atoms with Crippen molar-refractivity contribution in [2.45, 2.75) is 38.6 Å². The van der Waals surface area contributed by atoms with Crippen LogP contribution in [0.1, 0.15) is 49.4 Å². The fraction of sp³-hybridized carbons (Fsp3) is 0.333. The monoisotopic (exact) mass is 440 g/mol. The van der Waals surface area contributed by atoms with Crippen molar-refractivity contribution in [2.24, 2.45) is 5.41 Å². The molecule has 0 radical (unpaired) electrons. The molecular weight excluding hydrogens is 415 g/mol. The molecule has 0 spiro atoms. The van der Waals surface area contributed by atoms with Crippen molar-refractivity contribution in [1.82, 2.24) is 19.6 Å². The van der Waals surface area contributed by atoms with Gasteiger partial charge in [-0.2, -0.15) is 4.98 Å². The predicted molar refractivity (Wildman–Crippen MR) is 125 cm³/mol. The van der Waals surface area contributed by atoms with Crippen LogP contribution in [0.15, 0.2) is 59.1 Å². The molecule has 2 aromatic heterocycles. The Hall–Kier alpha value is -3.25. The summed E-state index contributed by atoms with van der Waals surface area (Å²) in [4.78, 5) is 7.48. The third-order valence-electron chi connectivity index (χ3n) is 8.00. The summed E-state index contributed by atoms with van der Waals surface area (Å²) >= 11 is 0. The first-order valence-electron chi connectivity index (χ1n) is 11.9. The number of fused-ring (bicyclic) bond motifs is 3. The average molecular weight is 441 g/mol. The Morgan fingerprint density at radius 3 is 2.82 bits per heavy atom. The van der Waals surface area contributed by atoms with E-state index in [0.717, 1.165) is 43.6 Å².